The largest absolute Gasteiger partial charge is 0.472 e. The van der Waals surface area contributed by atoms with Crippen LogP contribution in [0.15, 0.2) is 0 Å². The minimum absolute atomic E-state index is 0.103. The van der Waals surface area contributed by atoms with Crippen molar-refractivity contribution in [3.63, 3.8) is 0 Å². The van der Waals surface area contributed by atoms with Crippen LogP contribution in [0.5, 0.6) is 0 Å². The Kier molecular flexibility index (Phi) is 62.2. The van der Waals surface area contributed by atoms with Gasteiger partial charge in [0, 0.05) is 25.7 Å². The molecule has 0 heterocycles. The average Bonchev–Trinajstić information content (AvgIpc) is 2.53. The number of ether oxygens (including phenoxy) is 4. The van der Waals surface area contributed by atoms with Crippen molar-refractivity contribution in [3.05, 3.63) is 0 Å². The molecule has 0 saturated carbocycles. The van der Waals surface area contributed by atoms with Gasteiger partial charge in [-0.15, -0.1) is 0 Å². The topological polar surface area (TPSA) is 237 Å². The van der Waals surface area contributed by atoms with Gasteiger partial charge in [0.1, 0.15) is 19.3 Å². The zero-order valence-electron chi connectivity index (χ0n) is 60.9. The molecule has 0 fully saturated rings. The minimum atomic E-state index is -4.95. The van der Waals surface area contributed by atoms with E-state index in [4.69, 9.17) is 37.0 Å². The lowest BCUT2D eigenvalue weighted by Crippen LogP contribution is -2.30. The number of esters is 4. The van der Waals surface area contributed by atoms with Gasteiger partial charge in [0.2, 0.25) is 0 Å². The van der Waals surface area contributed by atoms with E-state index < -0.39 is 97.5 Å². The highest BCUT2D eigenvalue weighted by atomic mass is 31.2. The summed E-state index contributed by atoms with van der Waals surface area (Å²) >= 11 is 0. The number of carbonyl (C=O) groups excluding carboxylic acids is 4. The molecule has 0 rings (SSSR count). The Morgan fingerprint density at radius 3 is 0.667 bits per heavy atom. The maximum Gasteiger partial charge on any atom is 0.472 e. The molecule has 0 saturated heterocycles. The summed E-state index contributed by atoms with van der Waals surface area (Å²) in [5, 5.41) is 10.6. The van der Waals surface area contributed by atoms with Gasteiger partial charge in [0.25, 0.3) is 0 Å². The van der Waals surface area contributed by atoms with E-state index in [1.54, 1.807) is 0 Å². The lowest BCUT2D eigenvalue weighted by atomic mass is 10.0. The average molecular weight is 1370 g/mol. The van der Waals surface area contributed by atoms with Crippen LogP contribution in [0.1, 0.15) is 370 Å². The van der Waals surface area contributed by atoms with Crippen molar-refractivity contribution in [1.82, 2.24) is 0 Å². The highest BCUT2D eigenvalue weighted by molar-refractivity contribution is 7.47. The number of phosphoric ester groups is 2. The van der Waals surface area contributed by atoms with E-state index in [-0.39, 0.29) is 25.7 Å². The number of hydrogen-bond acceptors (Lipinski definition) is 15. The van der Waals surface area contributed by atoms with E-state index in [2.05, 4.69) is 55.4 Å². The van der Waals surface area contributed by atoms with Crippen molar-refractivity contribution < 1.29 is 80.2 Å². The van der Waals surface area contributed by atoms with Crippen molar-refractivity contribution in [2.75, 3.05) is 39.6 Å². The first-order chi connectivity index (χ1) is 44.6. The van der Waals surface area contributed by atoms with Crippen LogP contribution in [0.2, 0.25) is 0 Å². The fraction of sp³-hybridized carbons (Fsp3) is 0.946. The molecule has 3 N–H and O–H groups in total. The second-order valence-electron chi connectivity index (χ2n) is 28.6. The summed E-state index contributed by atoms with van der Waals surface area (Å²) in [6.45, 7) is 14.1. The van der Waals surface area contributed by atoms with Crippen LogP contribution < -0.4 is 0 Å². The van der Waals surface area contributed by atoms with E-state index in [9.17, 15) is 43.2 Å². The van der Waals surface area contributed by atoms with Crippen LogP contribution in [-0.2, 0) is 65.4 Å². The molecule has 0 spiro atoms. The van der Waals surface area contributed by atoms with Crippen molar-refractivity contribution in [1.29, 1.82) is 0 Å². The third kappa shape index (κ3) is 68.4. The summed E-state index contributed by atoms with van der Waals surface area (Å²) in [7, 11) is -9.91. The minimum Gasteiger partial charge on any atom is -0.462 e. The van der Waals surface area contributed by atoms with Gasteiger partial charge in [0.05, 0.1) is 26.4 Å². The molecule has 0 aromatic rings. The maximum absolute atomic E-state index is 13.0. The molecule has 0 aromatic carbocycles. The Labute approximate surface area is 568 Å². The van der Waals surface area contributed by atoms with Crippen LogP contribution in [0.4, 0.5) is 0 Å². The zero-order valence-corrected chi connectivity index (χ0v) is 62.7. The molecular formula is C74H144O17P2. The Balaban J connectivity index is 5.17. The third-order valence-corrected chi connectivity index (χ3v) is 19.0. The zero-order chi connectivity index (χ0) is 68.9. The number of phosphoric acid groups is 2. The van der Waals surface area contributed by atoms with Gasteiger partial charge in [-0.1, -0.05) is 319 Å². The smallest absolute Gasteiger partial charge is 0.462 e. The summed E-state index contributed by atoms with van der Waals surface area (Å²) in [4.78, 5) is 72.6. The van der Waals surface area contributed by atoms with Crippen LogP contribution in [0.3, 0.4) is 0 Å². The molecule has 552 valence electrons. The fourth-order valence-electron chi connectivity index (χ4n) is 11.2. The van der Waals surface area contributed by atoms with Crippen LogP contribution in [0, 0.1) is 23.7 Å². The molecule has 0 aliphatic rings. The normalized spacial score (nSPS) is 14.2. The van der Waals surface area contributed by atoms with Gasteiger partial charge in [-0.3, -0.25) is 37.3 Å². The van der Waals surface area contributed by atoms with Crippen molar-refractivity contribution in [2.45, 2.75) is 388 Å². The summed E-state index contributed by atoms with van der Waals surface area (Å²) in [6.07, 6.45) is 47.5. The summed E-state index contributed by atoms with van der Waals surface area (Å²) in [5.41, 5.74) is 0. The molecule has 0 aliphatic heterocycles. The first kappa shape index (κ1) is 91.1. The summed E-state index contributed by atoms with van der Waals surface area (Å²) in [5.74, 6) is 0.838. The molecule has 19 heteroatoms. The molecule has 93 heavy (non-hydrogen) atoms. The molecule has 0 bridgehead atoms. The van der Waals surface area contributed by atoms with Crippen molar-refractivity contribution in [3.8, 4) is 0 Å². The maximum atomic E-state index is 13.0. The van der Waals surface area contributed by atoms with E-state index >= 15 is 0 Å². The second-order valence-corrected chi connectivity index (χ2v) is 31.5. The SMILES string of the molecule is CC(C)CCCCCCCCCCCCCCCCCCC(=O)O[C@H](COC(=O)CCCCCCCCC(C)C)COP(=O)(O)OCC(O)COP(=O)(O)OC[C@@H](COC(=O)CCCCCCCCCCCCCCC(C)C)OC(=O)CCCCCCCCCC(C)C. The van der Waals surface area contributed by atoms with Crippen LogP contribution >= 0.6 is 15.6 Å². The van der Waals surface area contributed by atoms with Gasteiger partial charge in [-0.2, -0.15) is 0 Å². The summed E-state index contributed by atoms with van der Waals surface area (Å²) in [6, 6.07) is 0. The number of carbonyl (C=O) groups is 4. The predicted octanol–water partition coefficient (Wildman–Crippen LogP) is 21.3. The van der Waals surface area contributed by atoms with Gasteiger partial charge < -0.3 is 33.8 Å². The van der Waals surface area contributed by atoms with Gasteiger partial charge in [-0.05, 0) is 49.4 Å². The van der Waals surface area contributed by atoms with Crippen LogP contribution in [0.25, 0.3) is 0 Å². The van der Waals surface area contributed by atoms with Crippen molar-refractivity contribution >= 4 is 39.5 Å². The highest BCUT2D eigenvalue weighted by Crippen LogP contribution is 2.45. The molecule has 5 atom stereocenters. The van der Waals surface area contributed by atoms with Crippen molar-refractivity contribution in [2.24, 2.45) is 23.7 Å². The molecule has 0 amide bonds. The quantitative estimate of drug-likeness (QED) is 0.0222. The molecule has 0 aliphatic carbocycles. The lowest BCUT2D eigenvalue weighted by molar-refractivity contribution is -0.161. The Bertz CT molecular complexity index is 1830. The van der Waals surface area contributed by atoms with E-state index in [1.807, 2.05) is 0 Å². The van der Waals surface area contributed by atoms with Gasteiger partial charge in [-0.25, -0.2) is 9.13 Å². The molecule has 17 nitrogen and oxygen atoms in total. The number of aliphatic hydroxyl groups excluding tert-OH is 1. The monoisotopic (exact) mass is 1370 g/mol. The first-order valence-electron chi connectivity index (χ1n) is 38.2. The highest BCUT2D eigenvalue weighted by Gasteiger charge is 2.30. The van der Waals surface area contributed by atoms with E-state index in [0.717, 1.165) is 108 Å². The Hall–Kier alpha value is -1.94. The van der Waals surface area contributed by atoms with E-state index in [0.29, 0.717) is 37.5 Å². The number of rotatable bonds is 71. The standard InChI is InChI=1S/C74H144O17P2/c1-64(2)50-42-34-26-21-17-13-11-9-10-12-14-20-24-30-40-48-56-73(78)90-70(61-85-72(77)55-47-39-33-32-37-45-53-67(7)8)63-89-93(82,83)87-59-68(75)58-86-92(80,81)88-62-69(91-74(79)57-49-41-31-25-28-36-44-52-66(5)6)60-84-71(76)54-46-38-29-23-19-16-15-18-22-27-35-43-51-65(3)4/h64-70,75H,9-63H2,1-8H3,(H,80,81)(H,82,83)/t68?,69-,70-/m1/s1. The van der Waals surface area contributed by atoms with E-state index in [1.165, 1.54) is 167 Å². The molecule has 0 aromatic heterocycles. The Morgan fingerprint density at radius 2 is 0.452 bits per heavy atom. The summed E-state index contributed by atoms with van der Waals surface area (Å²) < 4.78 is 68.4. The molecular weight excluding hydrogens is 1220 g/mol. The third-order valence-electron chi connectivity index (χ3n) is 17.1. The van der Waals surface area contributed by atoms with Crippen LogP contribution in [-0.4, -0.2) is 96.7 Å². The number of unbranched alkanes of at least 4 members (excludes halogenated alkanes) is 37. The molecule has 3 unspecified atom stereocenters. The predicted molar refractivity (Wildman–Crippen MR) is 377 cm³/mol. The Morgan fingerprint density at radius 1 is 0.269 bits per heavy atom. The first-order valence-corrected chi connectivity index (χ1v) is 41.2. The fourth-order valence-corrected chi connectivity index (χ4v) is 12.8. The second kappa shape index (κ2) is 63.5. The van der Waals surface area contributed by atoms with Gasteiger partial charge in [0.15, 0.2) is 12.2 Å². The lowest BCUT2D eigenvalue weighted by Gasteiger charge is -2.21. The number of hydrogen-bond donors (Lipinski definition) is 3. The van der Waals surface area contributed by atoms with Gasteiger partial charge >= 0.3 is 39.5 Å². The molecule has 0 radical (unpaired) electrons. The number of aliphatic hydroxyl groups is 1.